The molecule has 4 rings (SSSR count). The summed E-state index contributed by atoms with van der Waals surface area (Å²) in [6, 6.07) is 21.0. The number of rotatable bonds is 25. The van der Waals surface area contributed by atoms with Crippen LogP contribution in [0.2, 0.25) is 0 Å². The molecule has 1 aliphatic heterocycles. The predicted molar refractivity (Wildman–Crippen MR) is 257 cm³/mol. The Balaban J connectivity index is 1.53. The molecule has 1 saturated heterocycles. The van der Waals surface area contributed by atoms with Gasteiger partial charge in [-0.1, -0.05) is 117 Å². The summed E-state index contributed by atoms with van der Waals surface area (Å²) in [6.07, 6.45) is 6.73. The molecule has 0 spiro atoms. The number of Topliss-reactive ketones (excluding diaryl/α,β-unsaturated/α-hetero) is 1. The minimum Gasteiger partial charge on any atom is -0.482 e. The molecule has 1 heterocycles. The van der Waals surface area contributed by atoms with Gasteiger partial charge < -0.3 is 35.5 Å². The lowest BCUT2D eigenvalue weighted by molar-refractivity contribution is -0.166. The van der Waals surface area contributed by atoms with Crippen LogP contribution in [0, 0.1) is 24.2 Å². The Morgan fingerprint density at radius 1 is 0.738 bits per heavy atom. The summed E-state index contributed by atoms with van der Waals surface area (Å²) < 4.78 is 16.9. The highest BCUT2D eigenvalue weighted by Crippen LogP contribution is 2.22. The Morgan fingerprint density at radius 2 is 1.28 bits per heavy atom. The van der Waals surface area contributed by atoms with E-state index in [0.717, 1.165) is 11.1 Å². The lowest BCUT2D eigenvalue weighted by atomic mass is 9.90. The molecule has 65 heavy (non-hydrogen) atoms. The van der Waals surface area contributed by atoms with E-state index in [4.69, 9.17) is 20.6 Å². The van der Waals surface area contributed by atoms with E-state index in [0.29, 0.717) is 44.0 Å². The largest absolute Gasteiger partial charge is 0.482 e. The maximum atomic E-state index is 14.4. The fraction of sp³-hybridized carbons (Fsp3) is 0.480. The number of ether oxygens (including phenoxy) is 3. The predicted octanol–water partition coefficient (Wildman–Crippen LogP) is 4.59. The van der Waals surface area contributed by atoms with Gasteiger partial charge in [-0.25, -0.2) is 4.79 Å². The zero-order valence-corrected chi connectivity index (χ0v) is 40.3. The highest BCUT2D eigenvalue weighted by Gasteiger charge is 2.42. The average Bonchev–Trinajstić information content (AvgIpc) is 3.29. The highest BCUT2D eigenvalue weighted by molar-refractivity contribution is 14.1. The zero-order chi connectivity index (χ0) is 47.4. The summed E-state index contributed by atoms with van der Waals surface area (Å²) >= 11 is 1.97. The molecule has 0 aliphatic carbocycles. The van der Waals surface area contributed by atoms with Crippen LogP contribution in [-0.2, 0) is 51.1 Å². The summed E-state index contributed by atoms with van der Waals surface area (Å²) in [5.74, 6) is -0.579. The molecular formula is C50H64IN5O9. The van der Waals surface area contributed by atoms with Crippen molar-refractivity contribution in [3.05, 3.63) is 102 Å². The number of alkyl halides is 1. The maximum absolute atomic E-state index is 14.4. The summed E-state index contributed by atoms with van der Waals surface area (Å²) in [4.78, 5) is 85.7. The molecule has 3 aromatic carbocycles. The number of nitrogens with one attached hydrogen (secondary N) is 4. The second-order valence-corrected chi connectivity index (χ2v) is 18.1. The molecule has 0 radical (unpaired) electrons. The monoisotopic (exact) mass is 1010 g/mol. The number of nitrogens with zero attached hydrogens (tertiary/aromatic N) is 1. The second kappa shape index (κ2) is 26.6. The van der Waals surface area contributed by atoms with Crippen LogP contribution in [0.4, 0.5) is 0 Å². The number of terminal acetylenes is 1. The number of esters is 1. The molecule has 350 valence electrons. The summed E-state index contributed by atoms with van der Waals surface area (Å²) in [5, 5.41) is 11.6. The van der Waals surface area contributed by atoms with Gasteiger partial charge >= 0.3 is 5.97 Å². The summed E-state index contributed by atoms with van der Waals surface area (Å²) in [5.41, 5.74) is 0.742. The van der Waals surface area contributed by atoms with Gasteiger partial charge in [0.25, 0.3) is 0 Å². The highest BCUT2D eigenvalue weighted by atomic mass is 127. The van der Waals surface area contributed by atoms with Gasteiger partial charge in [0.15, 0.2) is 18.0 Å². The van der Waals surface area contributed by atoms with E-state index in [9.17, 15) is 28.8 Å². The Labute approximate surface area is 397 Å². The Morgan fingerprint density at radius 3 is 1.86 bits per heavy atom. The minimum atomic E-state index is -1.64. The van der Waals surface area contributed by atoms with Gasteiger partial charge in [0, 0.05) is 29.5 Å². The third-order valence-corrected chi connectivity index (χ3v) is 12.2. The van der Waals surface area contributed by atoms with Crippen molar-refractivity contribution in [1.82, 2.24) is 26.2 Å². The number of carbonyl (C=O) groups is 6. The van der Waals surface area contributed by atoms with Gasteiger partial charge in [-0.3, -0.25) is 28.9 Å². The van der Waals surface area contributed by atoms with Crippen LogP contribution in [0.3, 0.4) is 0 Å². The third kappa shape index (κ3) is 17.9. The second-order valence-electron chi connectivity index (χ2n) is 17.3. The van der Waals surface area contributed by atoms with Crippen LogP contribution in [0.5, 0.6) is 5.75 Å². The first kappa shape index (κ1) is 52.3. The molecule has 1 aliphatic rings. The third-order valence-electron chi connectivity index (χ3n) is 10.8. The lowest BCUT2D eigenvalue weighted by Gasteiger charge is -2.32. The fourth-order valence-corrected chi connectivity index (χ4v) is 7.82. The fourth-order valence-electron chi connectivity index (χ4n) is 7.29. The van der Waals surface area contributed by atoms with Gasteiger partial charge in [-0.2, -0.15) is 0 Å². The van der Waals surface area contributed by atoms with Gasteiger partial charge in [0.05, 0.1) is 25.8 Å². The van der Waals surface area contributed by atoms with Crippen molar-refractivity contribution in [2.45, 2.75) is 96.5 Å². The van der Waals surface area contributed by atoms with Crippen LogP contribution < -0.4 is 26.0 Å². The molecule has 0 saturated carbocycles. The standard InChI is InChI=1S/C50H64IN5O9/c1-7-36-18-21-39(22-19-36)64-32-45(58)65-50(6,33-51)46(59)41(28-34(2)3)53-49(62)43(30-38-16-12-9-13-17-38)55-48(61)42(29-35(4)5)54-47(60)40(23-20-37-14-10-8-11-15-37)52-44(57)31-56-24-26-63-27-25-56/h1,8-19,21-22,34-35,40-43H,20,23-33H2,2-6H3,(H,52,57)(H,53,62)(H,54,60)(H,55,61)/t40-,41-,42-,43-,50?/m0/s1. The zero-order valence-electron chi connectivity index (χ0n) is 38.1. The minimum absolute atomic E-state index is 0.0488. The smallest absolute Gasteiger partial charge is 0.345 e. The lowest BCUT2D eigenvalue weighted by Crippen LogP contribution is -2.60. The molecular weight excluding hydrogens is 941 g/mol. The van der Waals surface area contributed by atoms with E-state index in [-0.39, 0.29) is 54.4 Å². The van der Waals surface area contributed by atoms with Crippen LogP contribution in [0.1, 0.15) is 70.6 Å². The van der Waals surface area contributed by atoms with Crippen molar-refractivity contribution >= 4 is 58.0 Å². The molecule has 1 unspecified atom stereocenters. The van der Waals surface area contributed by atoms with E-state index < -0.39 is 65.8 Å². The van der Waals surface area contributed by atoms with Gasteiger partial charge in [0.2, 0.25) is 23.6 Å². The molecule has 0 aromatic heterocycles. The quantitative estimate of drug-likeness (QED) is 0.0406. The van der Waals surface area contributed by atoms with Crippen molar-refractivity contribution in [2.24, 2.45) is 11.8 Å². The Kier molecular flexibility index (Phi) is 21.4. The van der Waals surface area contributed by atoms with Gasteiger partial charge in [-0.05, 0) is 79.8 Å². The number of morpholine rings is 1. The van der Waals surface area contributed by atoms with Crippen LogP contribution in [-0.4, -0.2) is 114 Å². The van der Waals surface area contributed by atoms with Crippen molar-refractivity contribution in [3.8, 4) is 18.1 Å². The molecule has 15 heteroatoms. The van der Waals surface area contributed by atoms with Gasteiger partial charge in [-0.15, -0.1) is 6.42 Å². The van der Waals surface area contributed by atoms with Crippen LogP contribution >= 0.6 is 22.6 Å². The van der Waals surface area contributed by atoms with Crippen molar-refractivity contribution < 1.29 is 43.0 Å². The summed E-state index contributed by atoms with van der Waals surface area (Å²) in [7, 11) is 0. The molecule has 1 fully saturated rings. The van der Waals surface area contributed by atoms with E-state index in [1.54, 1.807) is 24.3 Å². The van der Waals surface area contributed by atoms with E-state index in [2.05, 4.69) is 27.2 Å². The molecule has 0 bridgehead atoms. The normalized spacial score (nSPS) is 15.6. The number of amides is 4. The number of halogens is 1. The van der Waals surface area contributed by atoms with E-state index in [1.165, 1.54) is 6.92 Å². The Bertz CT molecular complexity index is 2060. The van der Waals surface area contributed by atoms with E-state index in [1.807, 2.05) is 116 Å². The first-order valence-corrected chi connectivity index (χ1v) is 23.7. The molecule has 3 aromatic rings. The van der Waals surface area contributed by atoms with E-state index >= 15 is 0 Å². The number of aryl methyl sites for hydroxylation is 1. The first-order chi connectivity index (χ1) is 31.1. The number of benzene rings is 3. The number of ketones is 1. The molecule has 4 amide bonds. The number of hydrogen-bond acceptors (Lipinski definition) is 10. The molecule has 4 N–H and O–H groups in total. The first-order valence-electron chi connectivity index (χ1n) is 22.2. The summed E-state index contributed by atoms with van der Waals surface area (Å²) in [6.45, 7) is 11.0. The van der Waals surface area contributed by atoms with Crippen molar-refractivity contribution in [2.75, 3.05) is 43.9 Å². The molecule has 14 nitrogen and oxygen atoms in total. The maximum Gasteiger partial charge on any atom is 0.345 e. The van der Waals surface area contributed by atoms with Gasteiger partial charge in [0.1, 0.15) is 23.9 Å². The topological polar surface area (TPSA) is 181 Å². The molecule has 5 atom stereocenters. The number of hydrogen-bond donors (Lipinski definition) is 4. The van der Waals surface area contributed by atoms with Crippen LogP contribution in [0.15, 0.2) is 84.9 Å². The van der Waals surface area contributed by atoms with Crippen molar-refractivity contribution in [1.29, 1.82) is 0 Å². The Hall–Kier alpha value is -5.31. The SMILES string of the molecule is C#Cc1ccc(OCC(=O)OC(C)(CI)C(=O)[C@H](CC(C)C)NC(=O)[C@H](Cc2ccccc2)NC(=O)[C@H](CC(C)C)NC(=O)[C@H](CCc2ccccc2)NC(=O)CN2CCOCC2)cc1. The van der Waals surface area contributed by atoms with Crippen LogP contribution in [0.25, 0.3) is 0 Å². The van der Waals surface area contributed by atoms with Crippen molar-refractivity contribution in [3.63, 3.8) is 0 Å². The average molecular weight is 1010 g/mol. The number of carbonyl (C=O) groups excluding carboxylic acids is 6.